The summed E-state index contributed by atoms with van der Waals surface area (Å²) >= 11 is 0. The van der Waals surface area contributed by atoms with E-state index in [2.05, 4.69) is 68.8 Å². The molecule has 0 radical (unpaired) electrons. The summed E-state index contributed by atoms with van der Waals surface area (Å²) in [6, 6.07) is 12.3. The zero-order valence-corrected chi connectivity index (χ0v) is 20.5. The summed E-state index contributed by atoms with van der Waals surface area (Å²) in [6.07, 6.45) is 7.84. The van der Waals surface area contributed by atoms with Gasteiger partial charge in [0.25, 0.3) is 0 Å². The van der Waals surface area contributed by atoms with E-state index in [9.17, 15) is 0 Å². The highest BCUT2D eigenvalue weighted by molar-refractivity contribution is 6.01. The standard InChI is InChI=1S/C29H33FNO2/c1-7-28(18-33-6)21-12-13-22(30)25-24(21)26-23-19(10-9-11-20(23)27(25,3)4)14-16-31(26)29(28,8-2)15-17-32-5/h9-17H,7-8,18H2,1-6H3/q+1/b17-15+. The first kappa shape index (κ1) is 22.1. The van der Waals surface area contributed by atoms with Crippen molar-refractivity contribution in [3.05, 3.63) is 77.4 Å². The lowest BCUT2D eigenvalue weighted by molar-refractivity contribution is -0.756. The van der Waals surface area contributed by atoms with Crippen LogP contribution >= 0.6 is 0 Å². The highest BCUT2D eigenvalue weighted by Gasteiger charge is 2.63. The van der Waals surface area contributed by atoms with Crippen molar-refractivity contribution < 1.29 is 18.4 Å². The molecule has 0 saturated heterocycles. The molecule has 0 fully saturated rings. The minimum absolute atomic E-state index is 0.143. The molecule has 2 heterocycles. The highest BCUT2D eigenvalue weighted by atomic mass is 19.1. The van der Waals surface area contributed by atoms with Crippen molar-refractivity contribution in [3.8, 4) is 11.3 Å². The summed E-state index contributed by atoms with van der Waals surface area (Å²) in [5, 5.41) is 2.40. The second kappa shape index (κ2) is 7.39. The first-order chi connectivity index (χ1) is 15.8. The third kappa shape index (κ3) is 2.50. The molecular weight excluding hydrogens is 413 g/mol. The minimum atomic E-state index is -0.456. The molecule has 2 atom stereocenters. The first-order valence-electron chi connectivity index (χ1n) is 11.9. The van der Waals surface area contributed by atoms with Crippen LogP contribution in [0.25, 0.3) is 22.0 Å². The second-order valence-corrected chi connectivity index (χ2v) is 9.96. The molecule has 0 amide bonds. The fourth-order valence-corrected chi connectivity index (χ4v) is 6.95. The fourth-order valence-electron chi connectivity index (χ4n) is 6.95. The molecule has 3 nitrogen and oxygen atoms in total. The lowest BCUT2D eigenvalue weighted by Gasteiger charge is -2.50. The smallest absolute Gasteiger partial charge is 0.222 e. The van der Waals surface area contributed by atoms with Crippen molar-refractivity contribution in [2.75, 3.05) is 20.8 Å². The summed E-state index contributed by atoms with van der Waals surface area (Å²) in [5.41, 5.74) is 3.99. The maximum Gasteiger partial charge on any atom is 0.222 e. The van der Waals surface area contributed by atoms with Crippen LogP contribution in [-0.4, -0.2) is 20.8 Å². The summed E-state index contributed by atoms with van der Waals surface area (Å²) < 4.78 is 29.5. The average Bonchev–Trinajstić information content (AvgIpc) is 2.82. The van der Waals surface area contributed by atoms with Crippen molar-refractivity contribution in [2.24, 2.45) is 0 Å². The number of rotatable bonds is 6. The van der Waals surface area contributed by atoms with Gasteiger partial charge in [0.05, 0.1) is 36.3 Å². The summed E-state index contributed by atoms with van der Waals surface area (Å²) in [7, 11) is 3.44. The van der Waals surface area contributed by atoms with Crippen LogP contribution in [0.3, 0.4) is 0 Å². The van der Waals surface area contributed by atoms with Gasteiger partial charge in [0.15, 0.2) is 6.20 Å². The van der Waals surface area contributed by atoms with Crippen molar-refractivity contribution in [2.45, 2.75) is 56.9 Å². The van der Waals surface area contributed by atoms with E-state index in [0.29, 0.717) is 6.61 Å². The quantitative estimate of drug-likeness (QED) is 0.335. The second-order valence-electron chi connectivity index (χ2n) is 9.96. The van der Waals surface area contributed by atoms with Gasteiger partial charge in [-0.15, -0.1) is 0 Å². The molecule has 5 rings (SSSR count). The molecule has 33 heavy (non-hydrogen) atoms. The molecule has 0 bridgehead atoms. The Bertz CT molecular complexity index is 1290. The van der Waals surface area contributed by atoms with Gasteiger partial charge in [0, 0.05) is 36.7 Å². The van der Waals surface area contributed by atoms with E-state index in [4.69, 9.17) is 9.47 Å². The van der Waals surface area contributed by atoms with Crippen LogP contribution in [0.2, 0.25) is 0 Å². The number of nitrogens with zero attached hydrogens (tertiary/aromatic N) is 1. The van der Waals surface area contributed by atoms with E-state index in [1.54, 1.807) is 26.5 Å². The maximum atomic E-state index is 15.7. The molecule has 3 aromatic rings. The molecule has 172 valence electrons. The Morgan fingerprint density at radius 3 is 2.45 bits per heavy atom. The van der Waals surface area contributed by atoms with Gasteiger partial charge in [0.2, 0.25) is 11.2 Å². The van der Waals surface area contributed by atoms with Crippen LogP contribution in [0.1, 0.15) is 57.2 Å². The van der Waals surface area contributed by atoms with E-state index in [1.165, 1.54) is 21.9 Å². The third-order valence-corrected chi connectivity index (χ3v) is 8.45. The van der Waals surface area contributed by atoms with Crippen molar-refractivity contribution >= 4 is 10.8 Å². The van der Waals surface area contributed by atoms with Gasteiger partial charge >= 0.3 is 0 Å². The van der Waals surface area contributed by atoms with Crippen LogP contribution in [0.4, 0.5) is 4.39 Å². The lowest BCUT2D eigenvalue weighted by atomic mass is 9.56. The van der Waals surface area contributed by atoms with Gasteiger partial charge in [-0.1, -0.05) is 52.0 Å². The Hall–Kier alpha value is -2.72. The van der Waals surface area contributed by atoms with E-state index in [-0.39, 0.29) is 5.82 Å². The molecule has 2 aliphatic rings. The van der Waals surface area contributed by atoms with Gasteiger partial charge < -0.3 is 9.47 Å². The summed E-state index contributed by atoms with van der Waals surface area (Å²) in [5.74, 6) is -0.143. The van der Waals surface area contributed by atoms with Crippen molar-refractivity contribution in [1.29, 1.82) is 0 Å². The predicted octanol–water partition coefficient (Wildman–Crippen LogP) is 6.15. The number of hydrogen-bond acceptors (Lipinski definition) is 2. The molecule has 0 spiro atoms. The molecular formula is C29H33FNO2+. The van der Waals surface area contributed by atoms with Crippen LogP contribution in [0, 0.1) is 5.82 Å². The van der Waals surface area contributed by atoms with Crippen molar-refractivity contribution in [3.63, 3.8) is 0 Å². The van der Waals surface area contributed by atoms with E-state index in [1.807, 2.05) is 6.07 Å². The number of hydrogen-bond donors (Lipinski definition) is 0. The van der Waals surface area contributed by atoms with Crippen LogP contribution in [0.15, 0.2) is 54.9 Å². The van der Waals surface area contributed by atoms with Crippen LogP contribution in [0.5, 0.6) is 0 Å². The molecule has 1 aliphatic heterocycles. The molecule has 4 heteroatoms. The summed E-state index contributed by atoms with van der Waals surface area (Å²) in [4.78, 5) is 0. The van der Waals surface area contributed by atoms with Gasteiger partial charge in [-0.25, -0.2) is 4.39 Å². The number of methoxy groups -OCH3 is 2. The molecule has 0 N–H and O–H groups in total. The zero-order valence-electron chi connectivity index (χ0n) is 20.5. The minimum Gasteiger partial charge on any atom is -0.504 e. The highest BCUT2D eigenvalue weighted by Crippen LogP contribution is 2.58. The number of benzene rings is 2. The maximum absolute atomic E-state index is 15.7. The Morgan fingerprint density at radius 2 is 1.79 bits per heavy atom. The monoisotopic (exact) mass is 446 g/mol. The number of halogens is 1. The Kier molecular flexibility index (Phi) is 4.95. The van der Waals surface area contributed by atoms with Crippen LogP contribution < -0.4 is 4.57 Å². The SMILES string of the molecule is CCC1(COC)c2ccc(F)c3c2-c2c4c(cccc4cc[n+]2C1(/C=C/OC)CC)C3(C)C. The first-order valence-corrected chi connectivity index (χ1v) is 11.9. The number of pyridine rings is 1. The average molecular weight is 447 g/mol. The lowest BCUT2D eigenvalue weighted by Crippen LogP contribution is -2.70. The Balaban J connectivity index is 2.09. The zero-order chi connectivity index (χ0) is 23.6. The van der Waals surface area contributed by atoms with Gasteiger partial charge in [-0.3, -0.25) is 0 Å². The largest absolute Gasteiger partial charge is 0.504 e. The van der Waals surface area contributed by atoms with E-state index < -0.39 is 16.4 Å². The van der Waals surface area contributed by atoms with Crippen molar-refractivity contribution in [1.82, 2.24) is 0 Å². The molecule has 1 aliphatic carbocycles. The van der Waals surface area contributed by atoms with Gasteiger partial charge in [-0.2, -0.15) is 4.57 Å². The fraction of sp³-hybridized carbons (Fsp3) is 0.414. The van der Waals surface area contributed by atoms with Gasteiger partial charge in [-0.05, 0) is 29.0 Å². The number of allylic oxidation sites excluding steroid dienone is 1. The number of ether oxygens (including phenoxy) is 2. The normalized spacial score (nSPS) is 24.5. The van der Waals surface area contributed by atoms with Crippen LogP contribution in [-0.2, 0) is 25.8 Å². The van der Waals surface area contributed by atoms with Gasteiger partial charge in [0.1, 0.15) is 5.82 Å². The molecule has 1 aromatic heterocycles. The molecule has 2 aromatic carbocycles. The Labute approximate surface area is 195 Å². The number of aromatic nitrogens is 1. The molecule has 0 saturated carbocycles. The topological polar surface area (TPSA) is 22.3 Å². The Morgan fingerprint density at radius 1 is 1.00 bits per heavy atom. The third-order valence-electron chi connectivity index (χ3n) is 8.45. The predicted molar refractivity (Wildman–Crippen MR) is 130 cm³/mol. The van der Waals surface area contributed by atoms with E-state index >= 15 is 4.39 Å². The summed E-state index contributed by atoms with van der Waals surface area (Å²) in [6.45, 7) is 9.26. The molecule has 2 unspecified atom stereocenters. The van der Waals surface area contributed by atoms with E-state index in [0.717, 1.165) is 29.7 Å².